The highest BCUT2D eigenvalue weighted by atomic mass is 35.5. The molecule has 30 heavy (non-hydrogen) atoms. The SMILES string of the molecule is C#CCNC(=O)CN1CCCN(c2ncnc3cc(-c4ccc(Cl)cc4)sc23)CC1. The minimum absolute atomic E-state index is 0.0308. The van der Waals surface area contributed by atoms with E-state index in [1.54, 1.807) is 17.7 Å². The second-order valence-corrected chi connectivity index (χ2v) is 8.62. The molecule has 0 spiro atoms. The Morgan fingerprint density at radius 1 is 1.20 bits per heavy atom. The molecule has 0 saturated carbocycles. The summed E-state index contributed by atoms with van der Waals surface area (Å²) >= 11 is 7.72. The first-order valence-corrected chi connectivity index (χ1v) is 11.0. The lowest BCUT2D eigenvalue weighted by molar-refractivity contribution is -0.121. The van der Waals surface area contributed by atoms with Crippen LogP contribution < -0.4 is 10.2 Å². The summed E-state index contributed by atoms with van der Waals surface area (Å²) in [5, 5.41) is 3.46. The number of carbonyl (C=O) groups is 1. The van der Waals surface area contributed by atoms with E-state index in [0.29, 0.717) is 6.54 Å². The Hall–Kier alpha value is -2.66. The Morgan fingerprint density at radius 3 is 2.83 bits per heavy atom. The number of carbonyl (C=O) groups excluding carboxylic acids is 1. The molecule has 1 aliphatic heterocycles. The molecule has 1 N–H and O–H groups in total. The predicted molar refractivity (Wildman–Crippen MR) is 123 cm³/mol. The van der Waals surface area contributed by atoms with Gasteiger partial charge < -0.3 is 10.2 Å². The van der Waals surface area contributed by atoms with Crippen LogP contribution in [0.25, 0.3) is 20.7 Å². The Morgan fingerprint density at radius 2 is 2.03 bits per heavy atom. The number of anilines is 1. The van der Waals surface area contributed by atoms with Gasteiger partial charge in [0.15, 0.2) is 0 Å². The molecule has 4 rings (SSSR count). The summed E-state index contributed by atoms with van der Waals surface area (Å²) in [6, 6.07) is 9.95. The molecule has 0 atom stereocenters. The molecule has 1 amide bonds. The summed E-state index contributed by atoms with van der Waals surface area (Å²) in [4.78, 5) is 26.7. The highest BCUT2D eigenvalue weighted by Gasteiger charge is 2.21. The van der Waals surface area contributed by atoms with Gasteiger partial charge in [0.05, 0.1) is 23.3 Å². The summed E-state index contributed by atoms with van der Waals surface area (Å²) in [6.45, 7) is 4.00. The van der Waals surface area contributed by atoms with Crippen molar-refractivity contribution in [1.82, 2.24) is 20.2 Å². The summed E-state index contributed by atoms with van der Waals surface area (Å²) < 4.78 is 1.09. The van der Waals surface area contributed by atoms with Crippen molar-refractivity contribution in [2.45, 2.75) is 6.42 Å². The molecule has 0 unspecified atom stereocenters. The fraction of sp³-hybridized carbons (Fsp3) is 0.318. The van der Waals surface area contributed by atoms with Crippen molar-refractivity contribution >= 4 is 44.9 Å². The van der Waals surface area contributed by atoms with Crippen LogP contribution in [-0.2, 0) is 4.79 Å². The van der Waals surface area contributed by atoms with Gasteiger partial charge >= 0.3 is 0 Å². The molecule has 3 aromatic rings. The summed E-state index contributed by atoms with van der Waals surface area (Å²) in [5.41, 5.74) is 2.07. The molecule has 1 aromatic carbocycles. The number of aromatic nitrogens is 2. The number of thiophene rings is 1. The van der Waals surface area contributed by atoms with Crippen molar-refractivity contribution in [2.24, 2.45) is 0 Å². The van der Waals surface area contributed by atoms with Crippen LogP contribution in [0.3, 0.4) is 0 Å². The van der Waals surface area contributed by atoms with Gasteiger partial charge in [-0.3, -0.25) is 9.69 Å². The lowest BCUT2D eigenvalue weighted by Crippen LogP contribution is -2.39. The highest BCUT2D eigenvalue weighted by Crippen LogP contribution is 2.37. The van der Waals surface area contributed by atoms with Crippen LogP contribution in [0.1, 0.15) is 6.42 Å². The van der Waals surface area contributed by atoms with Crippen LogP contribution in [0.5, 0.6) is 0 Å². The molecular weight excluding hydrogens is 418 g/mol. The normalized spacial score (nSPS) is 15.0. The van der Waals surface area contributed by atoms with Crippen molar-refractivity contribution in [2.75, 3.05) is 44.2 Å². The number of rotatable bonds is 5. The molecule has 1 saturated heterocycles. The second kappa shape index (κ2) is 9.43. The predicted octanol–water partition coefficient (Wildman–Crippen LogP) is 3.27. The fourth-order valence-electron chi connectivity index (χ4n) is 3.57. The van der Waals surface area contributed by atoms with E-state index in [4.69, 9.17) is 18.0 Å². The first kappa shape index (κ1) is 20.6. The average Bonchev–Trinajstić information content (AvgIpc) is 3.06. The van der Waals surface area contributed by atoms with Gasteiger partial charge in [0.2, 0.25) is 5.91 Å². The zero-order chi connectivity index (χ0) is 20.9. The number of hydrogen-bond acceptors (Lipinski definition) is 6. The molecule has 0 aliphatic carbocycles. The Balaban J connectivity index is 1.51. The zero-order valence-corrected chi connectivity index (χ0v) is 18.0. The van der Waals surface area contributed by atoms with Gasteiger partial charge in [0.1, 0.15) is 12.1 Å². The molecule has 2 aromatic heterocycles. The molecular formula is C22H22ClN5OS. The van der Waals surface area contributed by atoms with Crippen LogP contribution in [-0.4, -0.2) is 60.0 Å². The fourth-order valence-corrected chi connectivity index (χ4v) is 4.83. The van der Waals surface area contributed by atoms with E-state index < -0.39 is 0 Å². The number of nitrogens with zero attached hydrogens (tertiary/aromatic N) is 4. The van der Waals surface area contributed by atoms with E-state index in [1.165, 1.54) is 0 Å². The van der Waals surface area contributed by atoms with Crippen LogP contribution in [0.2, 0.25) is 5.02 Å². The van der Waals surface area contributed by atoms with Crippen molar-refractivity contribution in [3.63, 3.8) is 0 Å². The molecule has 3 heterocycles. The van der Waals surface area contributed by atoms with Crippen molar-refractivity contribution < 1.29 is 4.79 Å². The number of nitrogens with one attached hydrogen (secondary N) is 1. The highest BCUT2D eigenvalue weighted by molar-refractivity contribution is 7.22. The number of amides is 1. The van der Waals surface area contributed by atoms with Crippen molar-refractivity contribution in [3.05, 3.63) is 41.7 Å². The Bertz CT molecular complexity index is 1080. The minimum Gasteiger partial charge on any atom is -0.354 e. The first-order valence-electron chi connectivity index (χ1n) is 9.82. The van der Waals surface area contributed by atoms with Gasteiger partial charge in [-0.25, -0.2) is 9.97 Å². The number of terminal acetylenes is 1. The standard InChI is InChI=1S/C22H22ClN5OS/c1-2-8-24-20(29)14-27-9-3-10-28(12-11-27)22-21-18(25-15-26-22)13-19(30-21)16-4-6-17(23)7-5-16/h1,4-7,13,15H,3,8-12,14H2,(H,24,29). The van der Waals surface area contributed by atoms with Gasteiger partial charge in [-0.05, 0) is 30.2 Å². The zero-order valence-electron chi connectivity index (χ0n) is 16.5. The molecule has 154 valence electrons. The van der Waals surface area contributed by atoms with E-state index in [9.17, 15) is 4.79 Å². The molecule has 0 radical (unpaired) electrons. The average molecular weight is 440 g/mol. The smallest absolute Gasteiger partial charge is 0.234 e. The molecule has 1 fully saturated rings. The van der Waals surface area contributed by atoms with E-state index in [0.717, 1.165) is 64.1 Å². The van der Waals surface area contributed by atoms with Crippen LogP contribution >= 0.6 is 22.9 Å². The number of fused-ring (bicyclic) bond motifs is 1. The topological polar surface area (TPSA) is 61.4 Å². The maximum atomic E-state index is 12.0. The Kier molecular flexibility index (Phi) is 6.48. The maximum absolute atomic E-state index is 12.0. The number of benzene rings is 1. The summed E-state index contributed by atoms with van der Waals surface area (Å²) in [6.07, 6.45) is 7.80. The summed E-state index contributed by atoms with van der Waals surface area (Å²) in [5.74, 6) is 3.36. The lowest BCUT2D eigenvalue weighted by Gasteiger charge is -2.22. The van der Waals surface area contributed by atoms with Crippen molar-refractivity contribution in [1.29, 1.82) is 0 Å². The Labute approximate surface area is 184 Å². The van der Waals surface area contributed by atoms with Crippen LogP contribution in [0.4, 0.5) is 5.82 Å². The van der Waals surface area contributed by atoms with Gasteiger partial charge in [-0.2, -0.15) is 0 Å². The maximum Gasteiger partial charge on any atom is 0.234 e. The minimum atomic E-state index is -0.0308. The number of halogens is 1. The van der Waals surface area contributed by atoms with Crippen molar-refractivity contribution in [3.8, 4) is 22.8 Å². The quantitative estimate of drug-likeness (QED) is 0.618. The van der Waals surface area contributed by atoms with Gasteiger partial charge in [-0.15, -0.1) is 17.8 Å². The lowest BCUT2D eigenvalue weighted by atomic mass is 10.2. The first-order chi connectivity index (χ1) is 14.6. The third kappa shape index (κ3) is 4.73. The molecule has 0 bridgehead atoms. The van der Waals surface area contributed by atoms with Crippen LogP contribution in [0.15, 0.2) is 36.7 Å². The monoisotopic (exact) mass is 439 g/mol. The van der Waals surface area contributed by atoms with Gasteiger partial charge in [-0.1, -0.05) is 29.7 Å². The van der Waals surface area contributed by atoms with Gasteiger partial charge in [0.25, 0.3) is 0 Å². The van der Waals surface area contributed by atoms with E-state index in [1.807, 2.05) is 24.3 Å². The van der Waals surface area contributed by atoms with E-state index in [-0.39, 0.29) is 12.5 Å². The number of hydrogen-bond donors (Lipinski definition) is 1. The van der Waals surface area contributed by atoms with E-state index in [2.05, 4.69) is 37.1 Å². The third-order valence-electron chi connectivity index (χ3n) is 5.06. The summed E-state index contributed by atoms with van der Waals surface area (Å²) in [7, 11) is 0. The van der Waals surface area contributed by atoms with E-state index >= 15 is 0 Å². The molecule has 6 nitrogen and oxygen atoms in total. The molecule has 8 heteroatoms. The van der Waals surface area contributed by atoms with Gasteiger partial charge in [0, 0.05) is 36.1 Å². The second-order valence-electron chi connectivity index (χ2n) is 7.13. The van der Waals surface area contributed by atoms with Crippen LogP contribution in [0, 0.1) is 12.3 Å². The molecule has 1 aliphatic rings. The largest absolute Gasteiger partial charge is 0.354 e. The third-order valence-corrected chi connectivity index (χ3v) is 6.49.